The molecule has 1 atom stereocenters. The van der Waals surface area contributed by atoms with Crippen LogP contribution in [-0.2, 0) is 9.53 Å². The predicted molar refractivity (Wildman–Crippen MR) is 119 cm³/mol. The molecule has 6 nitrogen and oxygen atoms in total. The summed E-state index contributed by atoms with van der Waals surface area (Å²) < 4.78 is 16.7. The van der Waals surface area contributed by atoms with Crippen LogP contribution in [0.1, 0.15) is 31.0 Å². The average Bonchev–Trinajstić information content (AvgIpc) is 2.73. The molecule has 0 radical (unpaired) electrons. The van der Waals surface area contributed by atoms with Crippen LogP contribution in [0.2, 0.25) is 0 Å². The van der Waals surface area contributed by atoms with E-state index in [1.807, 2.05) is 61.2 Å². The van der Waals surface area contributed by atoms with Gasteiger partial charge in [-0.1, -0.05) is 18.2 Å². The molecule has 2 aromatic carbocycles. The maximum atomic E-state index is 13.0. The number of carbonyl (C=O) groups excluding carboxylic acids is 1. The summed E-state index contributed by atoms with van der Waals surface area (Å²) in [6.45, 7) is 7.02. The first-order valence-corrected chi connectivity index (χ1v) is 10.3. The number of hydrogen-bond donors (Lipinski definition) is 1. The number of fused-ring (bicyclic) bond motifs is 1. The number of benzene rings is 2. The standard InChI is InChI=1S/C23H24N2O4S/c1-4-27-22(26)20-15(3)25(17-7-5-6-14(2)12-17)23(30)24-21(20)16-8-9-18-19(13-16)29-11-10-28-18/h5-9,12-13,21H,4,10-11H2,1-3H3,(H,24,30). The number of aryl methyl sites for hydroxylation is 1. The zero-order valence-electron chi connectivity index (χ0n) is 17.2. The number of allylic oxidation sites excluding steroid dienone is 1. The lowest BCUT2D eigenvalue weighted by molar-refractivity contribution is -0.139. The van der Waals surface area contributed by atoms with Crippen molar-refractivity contribution in [2.24, 2.45) is 0 Å². The van der Waals surface area contributed by atoms with Crippen LogP contribution in [0, 0.1) is 6.92 Å². The highest BCUT2D eigenvalue weighted by atomic mass is 32.1. The molecule has 0 bridgehead atoms. The third-order valence-electron chi connectivity index (χ3n) is 5.14. The van der Waals surface area contributed by atoms with Gasteiger partial charge in [0.25, 0.3) is 0 Å². The van der Waals surface area contributed by atoms with E-state index in [4.69, 9.17) is 26.4 Å². The topological polar surface area (TPSA) is 60.0 Å². The Morgan fingerprint density at radius 1 is 1.17 bits per heavy atom. The zero-order chi connectivity index (χ0) is 21.3. The Balaban J connectivity index is 1.81. The number of nitrogens with one attached hydrogen (secondary N) is 1. The van der Waals surface area contributed by atoms with Gasteiger partial charge in [-0.2, -0.15) is 0 Å². The quantitative estimate of drug-likeness (QED) is 0.587. The minimum Gasteiger partial charge on any atom is -0.486 e. The van der Waals surface area contributed by atoms with E-state index in [-0.39, 0.29) is 5.97 Å². The smallest absolute Gasteiger partial charge is 0.338 e. The lowest BCUT2D eigenvalue weighted by atomic mass is 9.94. The third kappa shape index (κ3) is 3.73. The van der Waals surface area contributed by atoms with Gasteiger partial charge in [-0.3, -0.25) is 4.90 Å². The Hall–Kier alpha value is -3.06. The van der Waals surface area contributed by atoms with Crippen molar-refractivity contribution >= 4 is 29.0 Å². The van der Waals surface area contributed by atoms with Gasteiger partial charge in [0.2, 0.25) is 0 Å². The van der Waals surface area contributed by atoms with E-state index >= 15 is 0 Å². The molecule has 2 aromatic rings. The first-order valence-electron chi connectivity index (χ1n) is 9.94. The van der Waals surface area contributed by atoms with Gasteiger partial charge in [0, 0.05) is 11.4 Å². The number of carbonyl (C=O) groups is 1. The average molecular weight is 425 g/mol. The van der Waals surface area contributed by atoms with Crippen molar-refractivity contribution in [2.45, 2.75) is 26.8 Å². The second-order valence-corrected chi connectivity index (χ2v) is 7.57. The molecular weight excluding hydrogens is 400 g/mol. The minimum atomic E-state index is -0.451. The predicted octanol–water partition coefficient (Wildman–Crippen LogP) is 4.04. The Bertz CT molecular complexity index is 1030. The molecule has 156 valence electrons. The Kier molecular flexibility index (Phi) is 5.63. The second-order valence-electron chi connectivity index (χ2n) is 7.18. The van der Waals surface area contributed by atoms with Crippen LogP contribution in [-0.4, -0.2) is 30.9 Å². The summed E-state index contributed by atoms with van der Waals surface area (Å²) in [4.78, 5) is 14.9. The highest BCUT2D eigenvalue weighted by molar-refractivity contribution is 7.80. The van der Waals surface area contributed by atoms with Crippen LogP contribution in [0.4, 0.5) is 5.69 Å². The first-order chi connectivity index (χ1) is 14.5. The molecule has 2 heterocycles. The molecule has 4 rings (SSSR count). The van der Waals surface area contributed by atoms with Crippen molar-refractivity contribution in [3.05, 3.63) is 64.9 Å². The molecule has 0 fully saturated rings. The zero-order valence-corrected chi connectivity index (χ0v) is 18.0. The molecule has 0 spiro atoms. The van der Waals surface area contributed by atoms with Crippen molar-refractivity contribution in [3.8, 4) is 11.5 Å². The van der Waals surface area contributed by atoms with E-state index in [2.05, 4.69) is 5.32 Å². The third-order valence-corrected chi connectivity index (χ3v) is 5.44. The van der Waals surface area contributed by atoms with Crippen molar-refractivity contribution in [2.75, 3.05) is 24.7 Å². The Morgan fingerprint density at radius 2 is 1.93 bits per heavy atom. The Morgan fingerprint density at radius 3 is 2.67 bits per heavy atom. The second kappa shape index (κ2) is 8.36. The van der Waals surface area contributed by atoms with Gasteiger partial charge < -0.3 is 19.5 Å². The van der Waals surface area contributed by atoms with Crippen LogP contribution in [0.25, 0.3) is 0 Å². The van der Waals surface area contributed by atoms with Gasteiger partial charge in [-0.05, 0) is 68.4 Å². The van der Waals surface area contributed by atoms with Crippen molar-refractivity contribution < 1.29 is 19.0 Å². The van der Waals surface area contributed by atoms with Crippen molar-refractivity contribution in [3.63, 3.8) is 0 Å². The SMILES string of the molecule is CCOC(=O)C1=C(C)N(c2cccc(C)c2)C(=S)NC1c1ccc2c(c1)OCCO2. The van der Waals surface area contributed by atoms with Crippen LogP contribution >= 0.6 is 12.2 Å². The van der Waals surface area contributed by atoms with Crippen LogP contribution in [0.3, 0.4) is 0 Å². The molecule has 1 unspecified atom stereocenters. The largest absolute Gasteiger partial charge is 0.486 e. The number of thiocarbonyl (C=S) groups is 1. The van der Waals surface area contributed by atoms with Crippen LogP contribution < -0.4 is 19.7 Å². The molecule has 0 saturated heterocycles. The van der Waals surface area contributed by atoms with E-state index in [1.54, 1.807) is 6.92 Å². The summed E-state index contributed by atoms with van der Waals surface area (Å²) in [5.74, 6) is 0.985. The molecule has 0 aromatic heterocycles. The normalized spacial score (nSPS) is 18.2. The summed E-state index contributed by atoms with van der Waals surface area (Å²) in [7, 11) is 0. The highest BCUT2D eigenvalue weighted by Gasteiger charge is 2.36. The summed E-state index contributed by atoms with van der Waals surface area (Å²) in [5, 5.41) is 3.85. The van der Waals surface area contributed by atoms with Gasteiger partial charge >= 0.3 is 5.97 Å². The lowest BCUT2D eigenvalue weighted by Gasteiger charge is -2.37. The molecule has 0 amide bonds. The maximum Gasteiger partial charge on any atom is 0.338 e. The Labute approximate surface area is 181 Å². The van der Waals surface area contributed by atoms with E-state index in [0.29, 0.717) is 42.0 Å². The number of hydrogen-bond acceptors (Lipinski definition) is 5. The molecule has 1 N–H and O–H groups in total. The van der Waals surface area contributed by atoms with Gasteiger partial charge in [0.05, 0.1) is 18.2 Å². The number of nitrogens with zero attached hydrogens (tertiary/aromatic N) is 1. The van der Waals surface area contributed by atoms with E-state index in [9.17, 15) is 4.79 Å². The fourth-order valence-corrected chi connectivity index (χ4v) is 4.14. The fourth-order valence-electron chi connectivity index (χ4n) is 3.78. The van der Waals surface area contributed by atoms with Crippen LogP contribution in [0.15, 0.2) is 53.7 Å². The molecular formula is C23H24N2O4S. The van der Waals surface area contributed by atoms with Gasteiger partial charge in [-0.15, -0.1) is 0 Å². The lowest BCUT2D eigenvalue weighted by Crippen LogP contribution is -2.48. The minimum absolute atomic E-state index is 0.290. The number of esters is 1. The molecule has 30 heavy (non-hydrogen) atoms. The van der Waals surface area contributed by atoms with Gasteiger partial charge in [0.15, 0.2) is 16.6 Å². The highest BCUT2D eigenvalue weighted by Crippen LogP contribution is 2.38. The first kappa shape index (κ1) is 20.2. The number of rotatable bonds is 4. The molecule has 0 aliphatic carbocycles. The molecule has 2 aliphatic rings. The molecule has 2 aliphatic heterocycles. The fraction of sp³-hybridized carbons (Fsp3) is 0.304. The molecule has 7 heteroatoms. The molecule has 0 saturated carbocycles. The van der Waals surface area contributed by atoms with Crippen molar-refractivity contribution in [1.82, 2.24) is 5.32 Å². The number of anilines is 1. The monoisotopic (exact) mass is 424 g/mol. The van der Waals surface area contributed by atoms with E-state index < -0.39 is 6.04 Å². The van der Waals surface area contributed by atoms with Gasteiger partial charge in [-0.25, -0.2) is 4.79 Å². The van der Waals surface area contributed by atoms with E-state index in [1.165, 1.54) is 0 Å². The summed E-state index contributed by atoms with van der Waals surface area (Å²) in [6.07, 6.45) is 0. The number of ether oxygens (including phenoxy) is 3. The summed E-state index contributed by atoms with van der Waals surface area (Å²) >= 11 is 5.70. The van der Waals surface area contributed by atoms with Crippen molar-refractivity contribution in [1.29, 1.82) is 0 Å². The summed E-state index contributed by atoms with van der Waals surface area (Å²) in [5.41, 5.74) is 4.11. The van der Waals surface area contributed by atoms with Gasteiger partial charge in [0.1, 0.15) is 13.2 Å². The van der Waals surface area contributed by atoms with E-state index in [0.717, 1.165) is 22.5 Å². The maximum absolute atomic E-state index is 13.0. The van der Waals surface area contributed by atoms with Crippen LogP contribution in [0.5, 0.6) is 11.5 Å². The summed E-state index contributed by atoms with van der Waals surface area (Å²) in [6, 6.07) is 13.2.